The van der Waals surface area contributed by atoms with E-state index in [-0.39, 0.29) is 25.5 Å². The molecule has 0 fully saturated rings. The third-order valence-corrected chi connectivity index (χ3v) is 2.08. The fourth-order valence-electron chi connectivity index (χ4n) is 1.25. The number of nitrogens with one attached hydrogen (secondary N) is 1. The Morgan fingerprint density at radius 2 is 2.41 bits per heavy atom. The van der Waals surface area contributed by atoms with E-state index in [1.807, 2.05) is 0 Å². The summed E-state index contributed by atoms with van der Waals surface area (Å²) < 4.78 is 4.74. The zero-order valence-corrected chi connectivity index (χ0v) is 9.72. The average Bonchev–Trinajstić information content (AvgIpc) is 2.30. The smallest absolute Gasteiger partial charge is 0.226 e. The lowest BCUT2D eigenvalue weighted by Crippen LogP contribution is -2.35. The molecule has 0 aliphatic rings. The van der Waals surface area contributed by atoms with Crippen LogP contribution in [0.5, 0.6) is 0 Å². The third kappa shape index (κ3) is 5.28. The van der Waals surface area contributed by atoms with E-state index < -0.39 is 6.10 Å². The molecule has 17 heavy (non-hydrogen) atoms. The van der Waals surface area contributed by atoms with Crippen LogP contribution in [0, 0.1) is 0 Å². The summed E-state index contributed by atoms with van der Waals surface area (Å²) in [6.45, 7) is 0.363. The summed E-state index contributed by atoms with van der Waals surface area (Å²) in [5, 5.41) is 11.9. The number of nitrogen functional groups attached to an aromatic ring is 1. The van der Waals surface area contributed by atoms with Crippen LogP contribution in [-0.4, -0.2) is 42.4 Å². The van der Waals surface area contributed by atoms with Crippen molar-refractivity contribution in [3.8, 4) is 0 Å². The normalized spacial score (nSPS) is 12.1. The molecule has 6 heteroatoms. The summed E-state index contributed by atoms with van der Waals surface area (Å²) in [6.07, 6.45) is 0.978. The fraction of sp³-hybridized carbons (Fsp3) is 0.455. The van der Waals surface area contributed by atoms with Gasteiger partial charge >= 0.3 is 0 Å². The summed E-state index contributed by atoms with van der Waals surface area (Å²) in [5.41, 5.74) is 6.68. The van der Waals surface area contributed by atoms with Gasteiger partial charge in [-0.05, 0) is 12.1 Å². The maximum absolute atomic E-state index is 11.5. The van der Waals surface area contributed by atoms with Crippen molar-refractivity contribution in [2.45, 2.75) is 12.5 Å². The fourth-order valence-corrected chi connectivity index (χ4v) is 1.25. The second kappa shape index (κ2) is 6.82. The number of carbonyl (C=O) groups is 1. The molecule has 0 aliphatic heterocycles. The lowest BCUT2D eigenvalue weighted by atomic mass is 10.2. The predicted molar refractivity (Wildman–Crippen MR) is 63.2 cm³/mol. The van der Waals surface area contributed by atoms with Crippen molar-refractivity contribution < 1.29 is 14.6 Å². The van der Waals surface area contributed by atoms with E-state index in [2.05, 4.69) is 10.3 Å². The van der Waals surface area contributed by atoms with Crippen molar-refractivity contribution in [2.24, 2.45) is 0 Å². The SMILES string of the molecule is COCC(O)CNC(=O)Cc1ccc(N)cn1. The molecule has 0 aliphatic carbocycles. The van der Waals surface area contributed by atoms with Crippen LogP contribution in [0.1, 0.15) is 5.69 Å². The molecule has 1 unspecified atom stereocenters. The molecule has 1 atom stereocenters. The first kappa shape index (κ1) is 13.4. The Kier molecular flexibility index (Phi) is 5.38. The van der Waals surface area contributed by atoms with Crippen molar-refractivity contribution in [3.05, 3.63) is 24.0 Å². The number of amides is 1. The molecular formula is C11H17N3O3. The number of aliphatic hydroxyl groups is 1. The van der Waals surface area contributed by atoms with Crippen LogP contribution in [0.4, 0.5) is 5.69 Å². The monoisotopic (exact) mass is 239 g/mol. The molecule has 0 saturated heterocycles. The highest BCUT2D eigenvalue weighted by atomic mass is 16.5. The molecule has 0 aromatic carbocycles. The second-order valence-corrected chi connectivity index (χ2v) is 3.67. The molecular weight excluding hydrogens is 222 g/mol. The van der Waals surface area contributed by atoms with Gasteiger partial charge in [0.1, 0.15) is 0 Å². The Morgan fingerprint density at radius 1 is 1.65 bits per heavy atom. The van der Waals surface area contributed by atoms with Gasteiger partial charge in [-0.3, -0.25) is 9.78 Å². The molecule has 0 spiro atoms. The number of nitrogens with zero attached hydrogens (tertiary/aromatic N) is 1. The molecule has 1 amide bonds. The van der Waals surface area contributed by atoms with Gasteiger partial charge in [-0.2, -0.15) is 0 Å². The van der Waals surface area contributed by atoms with Crippen LogP contribution in [-0.2, 0) is 16.0 Å². The molecule has 0 saturated carbocycles. The van der Waals surface area contributed by atoms with Gasteiger partial charge in [-0.15, -0.1) is 0 Å². The highest BCUT2D eigenvalue weighted by molar-refractivity contribution is 5.78. The van der Waals surface area contributed by atoms with Crippen LogP contribution in [0.15, 0.2) is 18.3 Å². The van der Waals surface area contributed by atoms with Crippen LogP contribution in [0.2, 0.25) is 0 Å². The zero-order valence-electron chi connectivity index (χ0n) is 9.72. The first-order valence-electron chi connectivity index (χ1n) is 5.26. The number of pyridine rings is 1. The van der Waals surface area contributed by atoms with Crippen molar-refractivity contribution in [1.82, 2.24) is 10.3 Å². The van der Waals surface area contributed by atoms with Crippen LogP contribution in [0.25, 0.3) is 0 Å². The number of hydrogen-bond acceptors (Lipinski definition) is 5. The average molecular weight is 239 g/mol. The Labute approximate surface area is 99.8 Å². The van der Waals surface area contributed by atoms with Crippen LogP contribution in [0.3, 0.4) is 0 Å². The minimum atomic E-state index is -0.691. The van der Waals surface area contributed by atoms with Crippen LogP contribution < -0.4 is 11.1 Å². The number of aromatic nitrogens is 1. The molecule has 0 radical (unpaired) electrons. The maximum atomic E-state index is 11.5. The number of carbonyl (C=O) groups excluding carboxylic acids is 1. The van der Waals surface area contributed by atoms with Gasteiger partial charge in [-0.1, -0.05) is 0 Å². The van der Waals surface area contributed by atoms with Gasteiger partial charge < -0.3 is 20.9 Å². The number of nitrogens with two attached hydrogens (primary N) is 1. The van der Waals surface area contributed by atoms with E-state index in [0.29, 0.717) is 11.4 Å². The van der Waals surface area contributed by atoms with E-state index in [4.69, 9.17) is 10.5 Å². The number of aliphatic hydroxyl groups excluding tert-OH is 1. The first-order chi connectivity index (χ1) is 8.11. The number of ether oxygens (including phenoxy) is 1. The van der Waals surface area contributed by atoms with Gasteiger partial charge in [0.2, 0.25) is 5.91 Å². The quantitative estimate of drug-likeness (QED) is 0.611. The molecule has 4 N–H and O–H groups in total. The molecule has 94 valence electrons. The number of rotatable bonds is 6. The van der Waals surface area contributed by atoms with Crippen molar-refractivity contribution in [2.75, 3.05) is 26.0 Å². The van der Waals surface area contributed by atoms with Gasteiger partial charge in [-0.25, -0.2) is 0 Å². The van der Waals surface area contributed by atoms with Crippen molar-refractivity contribution >= 4 is 11.6 Å². The van der Waals surface area contributed by atoms with E-state index in [1.165, 1.54) is 13.3 Å². The molecule has 6 nitrogen and oxygen atoms in total. The first-order valence-corrected chi connectivity index (χ1v) is 5.26. The van der Waals surface area contributed by atoms with Crippen molar-refractivity contribution in [1.29, 1.82) is 0 Å². The highest BCUT2D eigenvalue weighted by Crippen LogP contribution is 2.01. The number of anilines is 1. The zero-order chi connectivity index (χ0) is 12.7. The Hall–Kier alpha value is -1.66. The van der Waals surface area contributed by atoms with E-state index in [1.54, 1.807) is 12.1 Å². The Morgan fingerprint density at radius 3 is 3.00 bits per heavy atom. The van der Waals surface area contributed by atoms with Gasteiger partial charge in [0.05, 0.1) is 31.0 Å². The minimum absolute atomic E-state index is 0.167. The molecule has 1 heterocycles. The van der Waals surface area contributed by atoms with Gasteiger partial charge in [0, 0.05) is 19.3 Å². The largest absolute Gasteiger partial charge is 0.397 e. The summed E-state index contributed by atoms with van der Waals surface area (Å²) >= 11 is 0. The molecule has 1 aromatic heterocycles. The summed E-state index contributed by atoms with van der Waals surface area (Å²) in [4.78, 5) is 15.5. The highest BCUT2D eigenvalue weighted by Gasteiger charge is 2.07. The van der Waals surface area contributed by atoms with E-state index in [0.717, 1.165) is 0 Å². The standard InChI is InChI=1S/C11H17N3O3/c1-17-7-10(15)6-14-11(16)4-9-3-2-8(12)5-13-9/h2-3,5,10,15H,4,6-7,12H2,1H3,(H,14,16). The van der Waals surface area contributed by atoms with Gasteiger partial charge in [0.25, 0.3) is 0 Å². The van der Waals surface area contributed by atoms with Crippen molar-refractivity contribution in [3.63, 3.8) is 0 Å². The lowest BCUT2D eigenvalue weighted by Gasteiger charge is -2.10. The Bertz CT molecular complexity index is 353. The summed E-state index contributed by atoms with van der Waals surface area (Å²) in [6, 6.07) is 3.38. The van der Waals surface area contributed by atoms with Gasteiger partial charge in [0.15, 0.2) is 0 Å². The summed E-state index contributed by atoms with van der Waals surface area (Å²) in [7, 11) is 1.49. The molecule has 1 aromatic rings. The molecule has 0 bridgehead atoms. The third-order valence-electron chi connectivity index (χ3n) is 2.08. The minimum Gasteiger partial charge on any atom is -0.397 e. The topological polar surface area (TPSA) is 97.5 Å². The summed E-state index contributed by atoms with van der Waals surface area (Å²) in [5.74, 6) is -0.197. The predicted octanol–water partition coefficient (Wildman–Crippen LogP) is -0.670. The van der Waals surface area contributed by atoms with E-state index >= 15 is 0 Å². The Balaban J connectivity index is 2.32. The number of hydrogen-bond donors (Lipinski definition) is 3. The van der Waals surface area contributed by atoms with E-state index in [9.17, 15) is 9.90 Å². The maximum Gasteiger partial charge on any atom is 0.226 e. The lowest BCUT2D eigenvalue weighted by molar-refractivity contribution is -0.121. The van der Waals surface area contributed by atoms with Crippen LogP contribution >= 0.6 is 0 Å². The number of methoxy groups -OCH3 is 1. The second-order valence-electron chi connectivity index (χ2n) is 3.67. The molecule has 1 rings (SSSR count).